The van der Waals surface area contributed by atoms with Crippen molar-refractivity contribution in [3.8, 4) is 0 Å². The van der Waals surface area contributed by atoms with Crippen molar-refractivity contribution >= 4 is 39.1 Å². The summed E-state index contributed by atoms with van der Waals surface area (Å²) in [6.45, 7) is 2.04. The maximum atomic E-state index is 10.4. The minimum Gasteiger partial charge on any atom is -0.388 e. The highest BCUT2D eigenvalue weighted by Gasteiger charge is 2.19. The van der Waals surface area contributed by atoms with Gasteiger partial charge in [-0.1, -0.05) is 42.3 Å². The molecule has 0 amide bonds. The summed E-state index contributed by atoms with van der Waals surface area (Å²) in [7, 11) is 1.87. The highest BCUT2D eigenvalue weighted by atomic mass is 79.9. The van der Waals surface area contributed by atoms with Crippen LogP contribution in [0.1, 0.15) is 30.0 Å². The van der Waals surface area contributed by atoms with Gasteiger partial charge in [-0.3, -0.25) is 4.68 Å². The molecule has 1 aromatic carbocycles. The zero-order valence-corrected chi connectivity index (χ0v) is 14.3. The fourth-order valence-corrected chi connectivity index (χ4v) is 3.32. The summed E-state index contributed by atoms with van der Waals surface area (Å²) in [4.78, 5) is 0. The molecule has 0 radical (unpaired) electrons. The molecule has 0 bridgehead atoms. The molecule has 108 valence electrons. The highest BCUT2D eigenvalue weighted by Crippen LogP contribution is 2.33. The van der Waals surface area contributed by atoms with E-state index in [1.165, 1.54) is 0 Å². The Morgan fingerprint density at radius 2 is 2.10 bits per heavy atom. The van der Waals surface area contributed by atoms with Crippen LogP contribution in [-0.4, -0.2) is 14.9 Å². The van der Waals surface area contributed by atoms with E-state index in [-0.39, 0.29) is 0 Å². The summed E-state index contributed by atoms with van der Waals surface area (Å²) < 4.78 is 2.73. The molecule has 20 heavy (non-hydrogen) atoms. The molecule has 0 aliphatic heterocycles. The van der Waals surface area contributed by atoms with Crippen molar-refractivity contribution in [2.45, 2.75) is 25.9 Å². The van der Waals surface area contributed by atoms with Crippen molar-refractivity contribution in [2.24, 2.45) is 7.05 Å². The van der Waals surface area contributed by atoms with Gasteiger partial charge in [-0.2, -0.15) is 5.10 Å². The molecule has 0 fully saturated rings. The molecule has 0 saturated carbocycles. The number of aliphatic hydroxyl groups excluding tert-OH is 1. The van der Waals surface area contributed by atoms with Crippen molar-refractivity contribution in [1.82, 2.24) is 9.78 Å². The van der Waals surface area contributed by atoms with E-state index in [0.29, 0.717) is 22.0 Å². The number of aliphatic hydroxyl groups is 1. The Kier molecular flexibility index (Phi) is 5.13. The number of nitrogens with zero attached hydrogens (tertiary/aromatic N) is 2. The maximum Gasteiger partial charge on any atom is 0.0860 e. The molecule has 0 aliphatic carbocycles. The van der Waals surface area contributed by atoms with E-state index in [2.05, 4.69) is 21.0 Å². The third kappa shape index (κ3) is 3.03. The lowest BCUT2D eigenvalue weighted by atomic mass is 10.0. The Hall–Kier alpha value is -0.550. The summed E-state index contributed by atoms with van der Waals surface area (Å²) in [5, 5.41) is 15.7. The first-order valence-electron chi connectivity index (χ1n) is 6.27. The first kappa shape index (κ1) is 15.8. The van der Waals surface area contributed by atoms with Crippen molar-refractivity contribution < 1.29 is 5.11 Å². The number of aromatic nitrogens is 2. The summed E-state index contributed by atoms with van der Waals surface area (Å²) in [6, 6.07) is 5.27. The fraction of sp³-hybridized carbons (Fsp3) is 0.357. The molecule has 1 aromatic heterocycles. The summed E-state index contributed by atoms with van der Waals surface area (Å²) >= 11 is 15.7. The molecule has 1 unspecified atom stereocenters. The van der Waals surface area contributed by atoms with Gasteiger partial charge >= 0.3 is 0 Å². The standard InChI is InChI=1S/C14H15BrCl2N2O/c1-3-10-13(15)11(19(2)18-10)7-12(20)8-5-4-6-9(16)14(8)17/h4-6,12,20H,3,7H2,1-2H3. The Morgan fingerprint density at radius 3 is 2.70 bits per heavy atom. The smallest absolute Gasteiger partial charge is 0.0860 e. The molecule has 2 aromatic rings. The number of aryl methyl sites for hydroxylation is 2. The Balaban J connectivity index is 2.30. The molecular weight excluding hydrogens is 363 g/mol. The number of rotatable bonds is 4. The quantitative estimate of drug-likeness (QED) is 0.861. The number of hydrogen-bond acceptors (Lipinski definition) is 2. The van der Waals surface area contributed by atoms with Gasteiger partial charge in [0.1, 0.15) is 0 Å². The van der Waals surface area contributed by atoms with E-state index in [0.717, 1.165) is 22.3 Å². The summed E-state index contributed by atoms with van der Waals surface area (Å²) in [5.74, 6) is 0. The molecule has 2 rings (SSSR count). The third-order valence-electron chi connectivity index (χ3n) is 3.23. The summed E-state index contributed by atoms with van der Waals surface area (Å²) in [6.07, 6.45) is 0.532. The molecule has 1 N–H and O–H groups in total. The molecular formula is C14H15BrCl2N2O. The fourth-order valence-electron chi connectivity index (χ4n) is 2.11. The Labute approximate surface area is 136 Å². The first-order valence-corrected chi connectivity index (χ1v) is 7.82. The van der Waals surface area contributed by atoms with Crippen LogP contribution in [0.5, 0.6) is 0 Å². The first-order chi connectivity index (χ1) is 9.45. The normalized spacial score (nSPS) is 12.7. The average molecular weight is 378 g/mol. The Morgan fingerprint density at radius 1 is 1.40 bits per heavy atom. The van der Waals surface area contributed by atoms with Crippen LogP contribution < -0.4 is 0 Å². The van der Waals surface area contributed by atoms with Gasteiger partial charge < -0.3 is 5.11 Å². The van der Waals surface area contributed by atoms with Crippen LogP contribution in [0.4, 0.5) is 0 Å². The molecule has 1 heterocycles. The van der Waals surface area contributed by atoms with E-state index in [1.807, 2.05) is 14.0 Å². The van der Waals surface area contributed by atoms with E-state index < -0.39 is 6.10 Å². The van der Waals surface area contributed by atoms with Gasteiger partial charge in [-0.05, 0) is 28.4 Å². The maximum absolute atomic E-state index is 10.4. The minimum atomic E-state index is -0.724. The molecule has 0 spiro atoms. The molecule has 1 atom stereocenters. The zero-order chi connectivity index (χ0) is 14.9. The minimum absolute atomic E-state index is 0.399. The number of hydrogen-bond donors (Lipinski definition) is 1. The topological polar surface area (TPSA) is 38.0 Å². The second-order valence-corrected chi connectivity index (χ2v) is 6.13. The predicted molar refractivity (Wildman–Crippen MR) is 85.4 cm³/mol. The highest BCUT2D eigenvalue weighted by molar-refractivity contribution is 9.10. The molecule has 0 aliphatic rings. The van der Waals surface area contributed by atoms with E-state index in [1.54, 1.807) is 22.9 Å². The Bertz CT molecular complexity index is 628. The van der Waals surface area contributed by atoms with Gasteiger partial charge in [0.05, 0.1) is 32.0 Å². The number of benzene rings is 1. The van der Waals surface area contributed by atoms with Crippen molar-refractivity contribution in [3.05, 3.63) is 49.7 Å². The van der Waals surface area contributed by atoms with Crippen molar-refractivity contribution in [1.29, 1.82) is 0 Å². The van der Waals surface area contributed by atoms with Crippen LogP contribution in [-0.2, 0) is 19.9 Å². The number of halogens is 3. The molecule has 6 heteroatoms. The zero-order valence-electron chi connectivity index (χ0n) is 11.2. The van der Waals surface area contributed by atoms with Gasteiger partial charge in [0, 0.05) is 19.0 Å². The third-order valence-corrected chi connectivity index (χ3v) is 4.98. The van der Waals surface area contributed by atoms with Crippen LogP contribution >= 0.6 is 39.1 Å². The van der Waals surface area contributed by atoms with Crippen LogP contribution in [0.25, 0.3) is 0 Å². The van der Waals surface area contributed by atoms with Gasteiger partial charge in [-0.25, -0.2) is 0 Å². The van der Waals surface area contributed by atoms with Crippen LogP contribution in [0, 0.1) is 0 Å². The van der Waals surface area contributed by atoms with E-state index >= 15 is 0 Å². The molecule has 0 saturated heterocycles. The lowest BCUT2D eigenvalue weighted by Crippen LogP contribution is -2.07. The second-order valence-electron chi connectivity index (χ2n) is 4.55. The molecule has 3 nitrogen and oxygen atoms in total. The van der Waals surface area contributed by atoms with E-state index in [4.69, 9.17) is 23.2 Å². The average Bonchev–Trinajstić information content (AvgIpc) is 2.69. The van der Waals surface area contributed by atoms with Gasteiger partial charge in [0.15, 0.2) is 0 Å². The van der Waals surface area contributed by atoms with Crippen LogP contribution in [0.3, 0.4) is 0 Å². The monoisotopic (exact) mass is 376 g/mol. The van der Waals surface area contributed by atoms with Crippen molar-refractivity contribution in [2.75, 3.05) is 0 Å². The SMILES string of the molecule is CCc1nn(C)c(CC(O)c2cccc(Cl)c2Cl)c1Br. The summed E-state index contributed by atoms with van der Waals surface area (Å²) in [5.41, 5.74) is 2.54. The predicted octanol–water partition coefficient (Wildman–Crippen LogP) is 4.33. The van der Waals surface area contributed by atoms with Gasteiger partial charge in [0.2, 0.25) is 0 Å². The lowest BCUT2D eigenvalue weighted by Gasteiger charge is -2.14. The largest absolute Gasteiger partial charge is 0.388 e. The van der Waals surface area contributed by atoms with Crippen LogP contribution in [0.15, 0.2) is 22.7 Å². The van der Waals surface area contributed by atoms with Gasteiger partial charge in [-0.15, -0.1) is 0 Å². The van der Waals surface area contributed by atoms with E-state index in [9.17, 15) is 5.11 Å². The van der Waals surface area contributed by atoms with Gasteiger partial charge in [0.25, 0.3) is 0 Å². The second kappa shape index (κ2) is 6.48. The van der Waals surface area contributed by atoms with Crippen LogP contribution in [0.2, 0.25) is 10.0 Å². The lowest BCUT2D eigenvalue weighted by molar-refractivity contribution is 0.175. The van der Waals surface area contributed by atoms with Crippen molar-refractivity contribution in [3.63, 3.8) is 0 Å².